The van der Waals surface area contributed by atoms with E-state index in [0.29, 0.717) is 0 Å². The number of hydrogen-bond acceptors (Lipinski definition) is 2. The first kappa shape index (κ1) is 10.2. The Morgan fingerprint density at radius 2 is 1.80 bits per heavy atom. The van der Waals surface area contributed by atoms with E-state index in [1.807, 2.05) is 13.8 Å². The van der Waals surface area contributed by atoms with Crippen LogP contribution >= 0.6 is 10.7 Å². The molecule has 0 bridgehead atoms. The zero-order valence-electron chi connectivity index (χ0n) is 6.46. The third-order valence-electron chi connectivity index (χ3n) is 1.89. The van der Waals surface area contributed by atoms with Crippen LogP contribution in [0, 0.1) is 5.92 Å². The van der Waals surface area contributed by atoms with Gasteiger partial charge >= 0.3 is 0 Å². The van der Waals surface area contributed by atoms with E-state index in [2.05, 4.69) is 0 Å². The number of halogens is 1. The highest BCUT2D eigenvalue weighted by molar-refractivity contribution is 8.14. The second-order valence-corrected chi connectivity index (χ2v) is 5.55. The van der Waals surface area contributed by atoms with Gasteiger partial charge < -0.3 is 0 Å². The Bertz CT molecular complexity index is 186. The highest BCUT2D eigenvalue weighted by atomic mass is 35.7. The molecule has 0 amide bonds. The standard InChI is InChI=1S/C6H13ClO2S/c1-4-5(2)6(3)10(7,8)9/h5-6H,4H2,1-3H3/t5?,6-/m0/s1. The van der Waals surface area contributed by atoms with E-state index in [0.717, 1.165) is 6.42 Å². The fraction of sp³-hybridized carbons (Fsp3) is 1.00. The van der Waals surface area contributed by atoms with Crippen molar-refractivity contribution >= 4 is 19.7 Å². The van der Waals surface area contributed by atoms with Gasteiger partial charge in [0.1, 0.15) is 0 Å². The molecule has 10 heavy (non-hydrogen) atoms. The fourth-order valence-corrected chi connectivity index (χ4v) is 1.88. The summed E-state index contributed by atoms with van der Waals surface area (Å²) < 4.78 is 21.4. The Kier molecular flexibility index (Phi) is 3.66. The number of rotatable bonds is 3. The van der Waals surface area contributed by atoms with Gasteiger partial charge in [-0.15, -0.1) is 0 Å². The molecule has 0 saturated carbocycles. The normalized spacial score (nSPS) is 18.4. The lowest BCUT2D eigenvalue weighted by atomic mass is 10.1. The van der Waals surface area contributed by atoms with Gasteiger partial charge in [-0.1, -0.05) is 20.3 Å². The molecule has 0 rings (SSSR count). The summed E-state index contributed by atoms with van der Waals surface area (Å²) in [6.45, 7) is 5.46. The minimum absolute atomic E-state index is 0.141. The Morgan fingerprint density at radius 3 is 1.90 bits per heavy atom. The zero-order valence-corrected chi connectivity index (χ0v) is 8.04. The van der Waals surface area contributed by atoms with Crippen molar-refractivity contribution in [3.8, 4) is 0 Å². The van der Waals surface area contributed by atoms with Gasteiger partial charge in [0, 0.05) is 10.7 Å². The average molecular weight is 185 g/mol. The van der Waals surface area contributed by atoms with Crippen molar-refractivity contribution in [2.24, 2.45) is 5.92 Å². The largest absolute Gasteiger partial charge is 0.235 e. The highest BCUT2D eigenvalue weighted by Crippen LogP contribution is 2.18. The number of hydrogen-bond donors (Lipinski definition) is 0. The first-order valence-corrected chi connectivity index (χ1v) is 5.70. The molecule has 0 aromatic carbocycles. The average Bonchev–Trinajstić information content (AvgIpc) is 1.83. The molecule has 0 aliphatic heterocycles. The third-order valence-corrected chi connectivity index (χ3v) is 4.09. The summed E-state index contributed by atoms with van der Waals surface area (Å²) in [5.74, 6) is 0.141. The Hall–Kier alpha value is 0.240. The molecule has 0 fully saturated rings. The van der Waals surface area contributed by atoms with Crippen LogP contribution in [0.2, 0.25) is 0 Å². The molecule has 0 aromatic rings. The van der Waals surface area contributed by atoms with E-state index < -0.39 is 14.3 Å². The second-order valence-electron chi connectivity index (χ2n) is 2.57. The van der Waals surface area contributed by atoms with Crippen molar-refractivity contribution in [1.29, 1.82) is 0 Å². The van der Waals surface area contributed by atoms with E-state index in [1.54, 1.807) is 6.92 Å². The van der Waals surface area contributed by atoms with E-state index in [1.165, 1.54) is 0 Å². The molecule has 0 radical (unpaired) electrons. The molecule has 2 nitrogen and oxygen atoms in total. The summed E-state index contributed by atoms with van der Waals surface area (Å²) in [4.78, 5) is 0. The lowest BCUT2D eigenvalue weighted by Gasteiger charge is -2.13. The SMILES string of the molecule is CCC(C)[C@H](C)S(=O)(=O)Cl. The molecule has 0 heterocycles. The van der Waals surface area contributed by atoms with Crippen molar-refractivity contribution in [3.05, 3.63) is 0 Å². The van der Waals surface area contributed by atoms with Gasteiger partial charge in [0.25, 0.3) is 0 Å². The zero-order chi connectivity index (χ0) is 8.36. The van der Waals surface area contributed by atoms with Crippen LogP contribution in [0.3, 0.4) is 0 Å². The molecule has 62 valence electrons. The minimum Gasteiger partial charge on any atom is -0.212 e. The predicted molar refractivity (Wildman–Crippen MR) is 43.7 cm³/mol. The van der Waals surface area contributed by atoms with Crippen molar-refractivity contribution in [1.82, 2.24) is 0 Å². The van der Waals surface area contributed by atoms with E-state index in [4.69, 9.17) is 10.7 Å². The summed E-state index contributed by atoms with van der Waals surface area (Å²) in [6, 6.07) is 0. The van der Waals surface area contributed by atoms with Crippen molar-refractivity contribution < 1.29 is 8.42 Å². The molecular formula is C6H13ClO2S. The van der Waals surface area contributed by atoms with Gasteiger partial charge in [0.05, 0.1) is 5.25 Å². The van der Waals surface area contributed by atoms with Crippen LogP contribution < -0.4 is 0 Å². The van der Waals surface area contributed by atoms with E-state index in [-0.39, 0.29) is 5.92 Å². The van der Waals surface area contributed by atoms with Crippen LogP contribution in [0.4, 0.5) is 0 Å². The maximum absolute atomic E-state index is 10.7. The molecule has 0 aliphatic carbocycles. The Morgan fingerprint density at radius 1 is 1.40 bits per heavy atom. The van der Waals surface area contributed by atoms with Gasteiger partial charge in [0.2, 0.25) is 9.05 Å². The third kappa shape index (κ3) is 2.88. The quantitative estimate of drug-likeness (QED) is 0.629. The van der Waals surface area contributed by atoms with Crippen molar-refractivity contribution in [2.45, 2.75) is 32.4 Å². The minimum atomic E-state index is -3.34. The maximum atomic E-state index is 10.7. The summed E-state index contributed by atoms with van der Waals surface area (Å²) in [7, 11) is 1.79. The lowest BCUT2D eigenvalue weighted by Crippen LogP contribution is -2.20. The van der Waals surface area contributed by atoms with Crippen LogP contribution in [0.25, 0.3) is 0 Å². The first-order valence-electron chi connectivity index (χ1n) is 3.33. The lowest BCUT2D eigenvalue weighted by molar-refractivity contribution is 0.518. The maximum Gasteiger partial charge on any atom is 0.235 e. The molecule has 0 spiro atoms. The van der Waals surface area contributed by atoms with Gasteiger partial charge in [-0.25, -0.2) is 8.42 Å². The predicted octanol–water partition coefficient (Wildman–Crippen LogP) is 1.99. The molecule has 0 saturated heterocycles. The molecular weight excluding hydrogens is 172 g/mol. The summed E-state index contributed by atoms with van der Waals surface area (Å²) in [6.07, 6.45) is 0.840. The molecule has 1 unspecified atom stereocenters. The Labute approximate surface area is 67.0 Å². The first-order chi connectivity index (χ1) is 4.39. The van der Waals surface area contributed by atoms with E-state index >= 15 is 0 Å². The molecule has 0 N–H and O–H groups in total. The summed E-state index contributed by atoms with van der Waals surface area (Å²) in [5, 5.41) is -0.431. The second kappa shape index (κ2) is 3.58. The van der Waals surface area contributed by atoms with Crippen LogP contribution in [0.15, 0.2) is 0 Å². The molecule has 0 aliphatic rings. The summed E-state index contributed by atoms with van der Waals surface area (Å²) >= 11 is 0. The Balaban J connectivity index is 4.23. The smallest absolute Gasteiger partial charge is 0.212 e. The fourth-order valence-electron chi connectivity index (χ4n) is 0.609. The van der Waals surface area contributed by atoms with Crippen molar-refractivity contribution in [2.75, 3.05) is 0 Å². The van der Waals surface area contributed by atoms with Crippen LogP contribution in [0.1, 0.15) is 27.2 Å². The van der Waals surface area contributed by atoms with Gasteiger partial charge in [-0.3, -0.25) is 0 Å². The van der Waals surface area contributed by atoms with Crippen LogP contribution in [-0.2, 0) is 9.05 Å². The van der Waals surface area contributed by atoms with Gasteiger partial charge in [-0.05, 0) is 12.8 Å². The van der Waals surface area contributed by atoms with E-state index in [9.17, 15) is 8.42 Å². The monoisotopic (exact) mass is 184 g/mol. The molecule has 2 atom stereocenters. The van der Waals surface area contributed by atoms with Crippen LogP contribution in [0.5, 0.6) is 0 Å². The summed E-state index contributed by atoms with van der Waals surface area (Å²) in [5.41, 5.74) is 0. The van der Waals surface area contributed by atoms with Gasteiger partial charge in [-0.2, -0.15) is 0 Å². The molecule has 4 heteroatoms. The molecule has 0 aromatic heterocycles. The highest BCUT2D eigenvalue weighted by Gasteiger charge is 2.22. The van der Waals surface area contributed by atoms with Crippen molar-refractivity contribution in [3.63, 3.8) is 0 Å². The topological polar surface area (TPSA) is 34.1 Å². The van der Waals surface area contributed by atoms with Gasteiger partial charge in [0.15, 0.2) is 0 Å². The van der Waals surface area contributed by atoms with Crippen LogP contribution in [-0.4, -0.2) is 13.7 Å².